The molecule has 0 bridgehead atoms. The number of carbonyl (C=O) groups excluding carboxylic acids is 1. The summed E-state index contributed by atoms with van der Waals surface area (Å²) in [6, 6.07) is 8.65. The molecule has 1 aliphatic carbocycles. The van der Waals surface area contributed by atoms with Crippen LogP contribution in [0.4, 0.5) is 23.2 Å². The largest absolute Gasteiger partial charge is 0.406 e. The molecular weight excluding hydrogens is 592 g/mol. The number of benzene rings is 1. The maximum Gasteiger partial charge on any atom is 0.406 e. The second-order valence-electron chi connectivity index (χ2n) is 12.4. The Hall–Kier alpha value is -3.91. The Labute approximate surface area is 258 Å². The molecule has 10 nitrogen and oxygen atoms in total. The van der Waals surface area contributed by atoms with Crippen molar-refractivity contribution in [3.8, 4) is 11.5 Å². The van der Waals surface area contributed by atoms with Crippen LogP contribution in [0.3, 0.4) is 0 Å². The van der Waals surface area contributed by atoms with Crippen LogP contribution in [0.25, 0.3) is 22.4 Å². The normalized spacial score (nSPS) is 22.8. The first kappa shape index (κ1) is 31.1. The Morgan fingerprint density at radius 3 is 2.73 bits per heavy atom. The molecule has 2 N–H and O–H groups in total. The Kier molecular flexibility index (Phi) is 8.61. The van der Waals surface area contributed by atoms with Crippen LogP contribution >= 0.6 is 0 Å². The lowest BCUT2D eigenvalue weighted by molar-refractivity contribution is -0.139. The van der Waals surface area contributed by atoms with Gasteiger partial charge in [0.05, 0.1) is 29.4 Å². The molecule has 1 aromatic carbocycles. The molecule has 14 heteroatoms. The molecule has 0 unspecified atom stereocenters. The number of carbonyl (C=O) groups is 1. The van der Waals surface area contributed by atoms with E-state index in [-0.39, 0.29) is 36.4 Å². The van der Waals surface area contributed by atoms with E-state index in [4.69, 9.17) is 4.52 Å². The van der Waals surface area contributed by atoms with Crippen LogP contribution in [0, 0.1) is 0 Å². The van der Waals surface area contributed by atoms with Crippen LogP contribution in [-0.2, 0) is 13.1 Å². The van der Waals surface area contributed by atoms with Crippen LogP contribution in [-0.4, -0.2) is 93.6 Å². The summed E-state index contributed by atoms with van der Waals surface area (Å²) in [6.07, 6.45) is 1.82. The molecule has 2 aliphatic rings. The van der Waals surface area contributed by atoms with Gasteiger partial charge in [-0.2, -0.15) is 18.2 Å². The lowest BCUT2D eigenvalue weighted by Crippen LogP contribution is -2.46. The summed E-state index contributed by atoms with van der Waals surface area (Å²) in [5.41, 5.74) is 1.43. The molecule has 242 valence electrons. The van der Waals surface area contributed by atoms with Gasteiger partial charge in [-0.25, -0.2) is 4.39 Å². The molecule has 6 rings (SSSR count). The average Bonchev–Trinajstić information content (AvgIpc) is 3.79. The van der Waals surface area contributed by atoms with Gasteiger partial charge in [-0.15, -0.1) is 0 Å². The summed E-state index contributed by atoms with van der Waals surface area (Å²) in [7, 11) is 6.01. The molecular formula is C31H38F4N8O2. The van der Waals surface area contributed by atoms with E-state index in [9.17, 15) is 22.4 Å². The monoisotopic (exact) mass is 630 g/mol. The Bertz CT molecular complexity index is 1640. The highest BCUT2D eigenvalue weighted by atomic mass is 19.4. The smallest absolute Gasteiger partial charge is 0.379 e. The van der Waals surface area contributed by atoms with Crippen molar-refractivity contribution in [1.82, 2.24) is 34.4 Å². The maximum absolute atomic E-state index is 14.8. The number of amides is 1. The number of hydrogen-bond acceptors (Lipinski definition) is 7. The third-order valence-electron chi connectivity index (χ3n) is 8.97. The molecule has 3 aromatic heterocycles. The predicted octanol–water partition coefficient (Wildman–Crippen LogP) is 5.09. The summed E-state index contributed by atoms with van der Waals surface area (Å²) in [5.74, 6) is -0.315. The topological polar surface area (TPSA) is 96.4 Å². The number of halogens is 4. The number of nitrogens with zero attached hydrogens (tertiary/aromatic N) is 6. The number of aromatic nitrogens is 4. The SMILES string of the molecule is CN1CC[C@@H](Nc2cccc3c2cc(-c2noc(CNC(=O)c4ccn([C@H]5CC[C@H](N(C)C)C5)c4)n2)n3CC(F)(F)F)[C@@H](F)C1. The molecule has 4 heterocycles. The van der Waals surface area contributed by atoms with E-state index in [1.54, 1.807) is 30.3 Å². The lowest BCUT2D eigenvalue weighted by Gasteiger charge is -2.33. The first-order valence-electron chi connectivity index (χ1n) is 15.2. The van der Waals surface area contributed by atoms with Gasteiger partial charge in [0.1, 0.15) is 12.7 Å². The number of nitrogens with one attached hydrogen (secondary N) is 2. The van der Waals surface area contributed by atoms with Crippen molar-refractivity contribution >= 4 is 22.5 Å². The van der Waals surface area contributed by atoms with Gasteiger partial charge in [0.15, 0.2) is 0 Å². The Balaban J connectivity index is 1.18. The van der Waals surface area contributed by atoms with Gasteiger partial charge in [0.2, 0.25) is 11.7 Å². The number of rotatable bonds is 9. The molecule has 1 saturated heterocycles. The van der Waals surface area contributed by atoms with E-state index in [0.717, 1.165) is 23.8 Å². The summed E-state index contributed by atoms with van der Waals surface area (Å²) in [6.45, 7) is -0.383. The highest BCUT2D eigenvalue weighted by molar-refractivity contribution is 5.96. The summed E-state index contributed by atoms with van der Waals surface area (Å²) in [5, 5.41) is 10.4. The number of likely N-dealkylation sites (tertiary alicyclic amines) is 1. The minimum atomic E-state index is -4.52. The standard InChI is InChI=1S/C31H38F4N8O2/c1-40(2)20-7-8-21(13-20)42-12-9-19(16-42)30(44)36-15-28-38-29(39-45-28)27-14-22-24(37-25-10-11-41(3)17-23(25)32)5-4-6-26(22)43(27)18-31(33,34)35/h4-6,9,12,14,16,20-21,23,25,37H,7-8,10-11,13,15,17-18H2,1-3H3,(H,36,44)/t20-,21-,23-,25+/m0/s1. The van der Waals surface area contributed by atoms with Crippen LogP contribution in [0.2, 0.25) is 0 Å². The molecule has 1 amide bonds. The summed E-state index contributed by atoms with van der Waals surface area (Å²) < 4.78 is 64.5. The van der Waals surface area contributed by atoms with Crippen molar-refractivity contribution in [3.63, 3.8) is 0 Å². The fraction of sp³-hybridized carbons (Fsp3) is 0.516. The second kappa shape index (κ2) is 12.5. The molecule has 0 radical (unpaired) electrons. The van der Waals surface area contributed by atoms with Crippen molar-refractivity contribution in [2.75, 3.05) is 39.5 Å². The van der Waals surface area contributed by atoms with Crippen LogP contribution in [0.1, 0.15) is 48.0 Å². The Morgan fingerprint density at radius 2 is 2.00 bits per heavy atom. The fourth-order valence-electron chi connectivity index (χ4n) is 6.50. The first-order chi connectivity index (χ1) is 21.4. The van der Waals surface area contributed by atoms with Gasteiger partial charge >= 0.3 is 6.18 Å². The third-order valence-corrected chi connectivity index (χ3v) is 8.97. The quantitative estimate of drug-likeness (QED) is 0.249. The van der Waals surface area contributed by atoms with Crippen molar-refractivity contribution in [2.45, 2.75) is 69.2 Å². The lowest BCUT2D eigenvalue weighted by atomic mass is 10.0. The number of fused-ring (bicyclic) bond motifs is 1. The van der Waals surface area contributed by atoms with Crippen LogP contribution < -0.4 is 10.6 Å². The van der Waals surface area contributed by atoms with Gasteiger partial charge in [-0.05, 0) is 71.1 Å². The number of alkyl halides is 4. The van der Waals surface area contributed by atoms with Gasteiger partial charge < -0.3 is 34.1 Å². The first-order valence-corrected chi connectivity index (χ1v) is 15.2. The van der Waals surface area contributed by atoms with Gasteiger partial charge in [-0.3, -0.25) is 4.79 Å². The highest BCUT2D eigenvalue weighted by Crippen LogP contribution is 2.35. The van der Waals surface area contributed by atoms with Crippen LogP contribution in [0.15, 0.2) is 47.2 Å². The fourth-order valence-corrected chi connectivity index (χ4v) is 6.50. The second-order valence-corrected chi connectivity index (χ2v) is 12.4. The van der Waals surface area contributed by atoms with Gasteiger partial charge in [0.25, 0.3) is 5.91 Å². The number of anilines is 1. The molecule has 45 heavy (non-hydrogen) atoms. The van der Waals surface area contributed by atoms with E-state index in [1.165, 1.54) is 0 Å². The van der Waals surface area contributed by atoms with E-state index >= 15 is 0 Å². The van der Waals surface area contributed by atoms with E-state index in [2.05, 4.69) is 44.3 Å². The van der Waals surface area contributed by atoms with E-state index in [0.29, 0.717) is 47.2 Å². The summed E-state index contributed by atoms with van der Waals surface area (Å²) >= 11 is 0. The number of hydrogen-bond donors (Lipinski definition) is 2. The average molecular weight is 631 g/mol. The van der Waals surface area contributed by atoms with E-state index in [1.807, 2.05) is 24.3 Å². The minimum absolute atomic E-state index is 0.0452. The van der Waals surface area contributed by atoms with Crippen molar-refractivity contribution in [1.29, 1.82) is 0 Å². The zero-order valence-corrected chi connectivity index (χ0v) is 25.5. The van der Waals surface area contributed by atoms with E-state index < -0.39 is 24.9 Å². The van der Waals surface area contributed by atoms with Gasteiger partial charge in [0, 0.05) is 48.6 Å². The minimum Gasteiger partial charge on any atom is -0.379 e. The van der Waals surface area contributed by atoms with Crippen molar-refractivity contribution < 1.29 is 26.9 Å². The van der Waals surface area contributed by atoms with Crippen molar-refractivity contribution in [2.24, 2.45) is 0 Å². The highest BCUT2D eigenvalue weighted by Gasteiger charge is 2.33. The number of piperidine rings is 1. The third kappa shape index (κ3) is 6.86. The van der Waals surface area contributed by atoms with Gasteiger partial charge in [-0.1, -0.05) is 11.2 Å². The molecule has 4 aromatic rings. The molecule has 2 fully saturated rings. The van der Waals surface area contributed by atoms with Crippen LogP contribution in [0.5, 0.6) is 0 Å². The zero-order chi connectivity index (χ0) is 31.9. The molecule has 1 aliphatic heterocycles. The molecule has 0 spiro atoms. The molecule has 1 saturated carbocycles. The van der Waals surface area contributed by atoms with Crippen molar-refractivity contribution in [3.05, 3.63) is 54.2 Å². The maximum atomic E-state index is 14.8. The molecule has 4 atom stereocenters. The predicted molar refractivity (Wildman–Crippen MR) is 162 cm³/mol. The summed E-state index contributed by atoms with van der Waals surface area (Å²) in [4.78, 5) is 21.3. The Morgan fingerprint density at radius 1 is 1.18 bits per heavy atom. The zero-order valence-electron chi connectivity index (χ0n) is 25.5.